The lowest BCUT2D eigenvalue weighted by Gasteiger charge is -2.30. The fourth-order valence-corrected chi connectivity index (χ4v) is 5.26. The molecule has 0 bridgehead atoms. The molecule has 2 atom stereocenters. The Kier molecular flexibility index (Phi) is 6.37. The first-order valence-electron chi connectivity index (χ1n) is 10.7. The highest BCUT2D eigenvalue weighted by Crippen LogP contribution is 2.42. The van der Waals surface area contributed by atoms with E-state index in [0.29, 0.717) is 16.4 Å². The molecule has 1 saturated carbocycles. The minimum absolute atomic E-state index is 0.0630. The van der Waals surface area contributed by atoms with Crippen LogP contribution in [0.1, 0.15) is 48.5 Å². The van der Waals surface area contributed by atoms with E-state index >= 15 is 0 Å². The summed E-state index contributed by atoms with van der Waals surface area (Å²) in [5.74, 6) is 1.14. The Morgan fingerprint density at radius 3 is 2.61 bits per heavy atom. The maximum absolute atomic E-state index is 13.0. The summed E-state index contributed by atoms with van der Waals surface area (Å²) in [6.45, 7) is 2.21. The van der Waals surface area contributed by atoms with Crippen LogP contribution in [0.25, 0.3) is 6.08 Å². The summed E-state index contributed by atoms with van der Waals surface area (Å²) >= 11 is 1.44. The topological polar surface area (TPSA) is 58.6 Å². The third-order valence-corrected chi connectivity index (χ3v) is 7.24. The predicted octanol–water partition coefficient (Wildman–Crippen LogP) is 5.11. The summed E-state index contributed by atoms with van der Waals surface area (Å²) in [5.41, 5.74) is 2.30. The molecule has 2 aromatic rings. The van der Waals surface area contributed by atoms with E-state index in [1.54, 1.807) is 19.1 Å². The van der Waals surface area contributed by atoms with Gasteiger partial charge in [0.15, 0.2) is 0 Å². The van der Waals surface area contributed by atoms with Crippen molar-refractivity contribution < 1.29 is 14.3 Å². The van der Waals surface area contributed by atoms with Crippen LogP contribution < -0.4 is 15.0 Å². The van der Waals surface area contributed by atoms with Gasteiger partial charge in [-0.25, -0.2) is 0 Å². The monoisotopic (exact) mass is 436 g/mol. The van der Waals surface area contributed by atoms with Gasteiger partial charge in [0.1, 0.15) is 5.75 Å². The molecule has 6 heteroatoms. The van der Waals surface area contributed by atoms with E-state index in [1.807, 2.05) is 48.5 Å². The van der Waals surface area contributed by atoms with Crippen molar-refractivity contribution in [2.45, 2.75) is 43.5 Å². The Morgan fingerprint density at radius 1 is 1.16 bits per heavy atom. The first-order valence-corrected chi connectivity index (χ1v) is 11.5. The first-order chi connectivity index (χ1) is 15.0. The van der Waals surface area contributed by atoms with E-state index in [-0.39, 0.29) is 17.9 Å². The van der Waals surface area contributed by atoms with Crippen LogP contribution in [-0.2, 0) is 4.79 Å². The summed E-state index contributed by atoms with van der Waals surface area (Å²) < 4.78 is 5.19. The third-order valence-electron chi connectivity index (χ3n) is 6.16. The third kappa shape index (κ3) is 4.64. The minimum Gasteiger partial charge on any atom is -0.497 e. The van der Waals surface area contributed by atoms with E-state index in [4.69, 9.17) is 4.74 Å². The number of carbonyl (C=O) groups excluding carboxylic acids is 2. The lowest BCUT2D eigenvalue weighted by molar-refractivity contribution is -0.114. The molecule has 1 aliphatic heterocycles. The fraction of sp³-hybridized carbons (Fsp3) is 0.360. The van der Waals surface area contributed by atoms with E-state index in [9.17, 15) is 9.59 Å². The maximum atomic E-state index is 13.0. The number of hydrogen-bond acceptors (Lipinski definition) is 4. The number of ether oxygens (including phenoxy) is 1. The van der Waals surface area contributed by atoms with Crippen molar-refractivity contribution >= 4 is 35.3 Å². The van der Waals surface area contributed by atoms with E-state index in [0.717, 1.165) is 41.2 Å². The van der Waals surface area contributed by atoms with Crippen molar-refractivity contribution in [2.75, 3.05) is 19.1 Å². The molecule has 1 aliphatic carbocycles. The van der Waals surface area contributed by atoms with Gasteiger partial charge >= 0.3 is 0 Å². The molecule has 0 unspecified atom stereocenters. The summed E-state index contributed by atoms with van der Waals surface area (Å²) in [4.78, 5) is 29.1. The molecule has 2 amide bonds. The van der Waals surface area contributed by atoms with Crippen LogP contribution in [0.3, 0.4) is 0 Å². The van der Waals surface area contributed by atoms with Gasteiger partial charge in [0, 0.05) is 23.5 Å². The number of likely N-dealkylation sites (N-methyl/N-ethyl adjacent to an activating group) is 1. The standard InChI is InChI=1S/C25H28N2O3S/c1-16-6-4-5-7-20(16)26-24(28)18-10-13-22-21(15-18)27(2)25(29)23(31-22)14-17-8-11-19(30-3)12-9-17/h8-16,20H,4-7H2,1-3H3,(H,26,28)/b23-14-/t16-,20-/m0/s1. The average molecular weight is 437 g/mol. The predicted molar refractivity (Wildman–Crippen MR) is 126 cm³/mol. The quantitative estimate of drug-likeness (QED) is 0.677. The molecule has 0 radical (unpaired) electrons. The Hall–Kier alpha value is -2.73. The number of hydrogen-bond donors (Lipinski definition) is 1. The molecule has 0 aromatic heterocycles. The number of thioether (sulfide) groups is 1. The fourth-order valence-electron chi connectivity index (χ4n) is 4.17. The maximum Gasteiger partial charge on any atom is 0.264 e. The molecule has 5 nitrogen and oxygen atoms in total. The summed E-state index contributed by atoms with van der Waals surface area (Å²) in [6, 6.07) is 13.4. The summed E-state index contributed by atoms with van der Waals surface area (Å²) in [5, 5.41) is 3.20. The highest BCUT2D eigenvalue weighted by molar-refractivity contribution is 8.04. The Labute approximate surface area is 187 Å². The highest BCUT2D eigenvalue weighted by atomic mass is 32.2. The van der Waals surface area contributed by atoms with Gasteiger partial charge in [-0.05, 0) is 60.7 Å². The van der Waals surface area contributed by atoms with Crippen LogP contribution in [0.5, 0.6) is 5.75 Å². The zero-order chi connectivity index (χ0) is 22.0. The lowest BCUT2D eigenvalue weighted by Crippen LogP contribution is -2.41. The van der Waals surface area contributed by atoms with Gasteiger partial charge in [-0.2, -0.15) is 0 Å². The van der Waals surface area contributed by atoms with Crippen molar-refractivity contribution in [1.82, 2.24) is 5.32 Å². The van der Waals surface area contributed by atoms with Crippen LogP contribution in [0.2, 0.25) is 0 Å². The van der Waals surface area contributed by atoms with E-state index in [1.165, 1.54) is 18.2 Å². The molecule has 2 aromatic carbocycles. The number of nitrogens with zero attached hydrogens (tertiary/aromatic N) is 1. The van der Waals surface area contributed by atoms with Crippen LogP contribution in [0.4, 0.5) is 5.69 Å². The number of benzene rings is 2. The SMILES string of the molecule is COc1ccc(/C=C2\Sc3ccc(C(=O)N[C@H]4CCCC[C@@H]4C)cc3N(C)C2=O)cc1. The Bertz CT molecular complexity index is 1020. The molecular formula is C25H28N2O3S. The van der Waals surface area contributed by atoms with Crippen molar-refractivity contribution in [1.29, 1.82) is 0 Å². The van der Waals surface area contributed by atoms with E-state index in [2.05, 4.69) is 12.2 Å². The summed E-state index contributed by atoms with van der Waals surface area (Å²) in [7, 11) is 3.39. The Balaban J connectivity index is 1.54. The first kappa shape index (κ1) is 21.5. The van der Waals surface area contributed by atoms with Gasteiger partial charge < -0.3 is 15.0 Å². The largest absolute Gasteiger partial charge is 0.497 e. The molecule has 0 spiro atoms. The second-order valence-electron chi connectivity index (χ2n) is 8.27. The number of rotatable bonds is 4. The molecule has 2 aliphatic rings. The van der Waals surface area contributed by atoms with Gasteiger partial charge in [-0.15, -0.1) is 0 Å². The number of nitrogens with one attached hydrogen (secondary N) is 1. The molecule has 4 rings (SSSR count). The second-order valence-corrected chi connectivity index (χ2v) is 9.36. The minimum atomic E-state index is -0.0771. The van der Waals surface area contributed by atoms with Crippen molar-refractivity contribution in [2.24, 2.45) is 5.92 Å². The Morgan fingerprint density at radius 2 is 1.90 bits per heavy atom. The number of anilines is 1. The number of amides is 2. The van der Waals surface area contributed by atoms with Gasteiger partial charge in [0.25, 0.3) is 11.8 Å². The zero-order valence-corrected chi connectivity index (χ0v) is 19.0. The van der Waals surface area contributed by atoms with Crippen LogP contribution in [0.15, 0.2) is 52.3 Å². The van der Waals surface area contributed by atoms with Gasteiger partial charge in [-0.1, -0.05) is 43.7 Å². The normalized spacial score (nSPS) is 22.2. The smallest absolute Gasteiger partial charge is 0.264 e. The number of carbonyl (C=O) groups is 2. The second kappa shape index (κ2) is 9.18. The van der Waals surface area contributed by atoms with Crippen LogP contribution in [-0.4, -0.2) is 32.0 Å². The van der Waals surface area contributed by atoms with Gasteiger partial charge in [0.05, 0.1) is 17.7 Å². The van der Waals surface area contributed by atoms with E-state index < -0.39 is 0 Å². The van der Waals surface area contributed by atoms with Crippen molar-refractivity contribution in [3.63, 3.8) is 0 Å². The molecular weight excluding hydrogens is 408 g/mol. The number of methoxy groups -OCH3 is 1. The van der Waals surface area contributed by atoms with Crippen molar-refractivity contribution in [3.05, 3.63) is 58.5 Å². The van der Waals surface area contributed by atoms with Crippen LogP contribution in [0, 0.1) is 5.92 Å². The van der Waals surface area contributed by atoms with Crippen LogP contribution >= 0.6 is 11.8 Å². The molecule has 1 fully saturated rings. The lowest BCUT2D eigenvalue weighted by atomic mass is 9.86. The number of fused-ring (bicyclic) bond motifs is 1. The molecule has 162 valence electrons. The molecule has 1 N–H and O–H groups in total. The van der Waals surface area contributed by atoms with Gasteiger partial charge in [-0.3, -0.25) is 9.59 Å². The molecule has 0 saturated heterocycles. The summed E-state index contributed by atoms with van der Waals surface area (Å²) in [6.07, 6.45) is 6.48. The highest BCUT2D eigenvalue weighted by Gasteiger charge is 2.28. The zero-order valence-electron chi connectivity index (χ0n) is 18.2. The molecule has 31 heavy (non-hydrogen) atoms. The van der Waals surface area contributed by atoms with Gasteiger partial charge in [0.2, 0.25) is 0 Å². The van der Waals surface area contributed by atoms with Crippen molar-refractivity contribution in [3.8, 4) is 5.75 Å². The molecule has 1 heterocycles. The average Bonchev–Trinajstić information content (AvgIpc) is 2.79.